The van der Waals surface area contributed by atoms with Gasteiger partial charge in [-0.2, -0.15) is 0 Å². The molecule has 16 heavy (non-hydrogen) atoms. The Balaban J connectivity index is 2.23. The summed E-state index contributed by atoms with van der Waals surface area (Å²) in [5, 5.41) is 3.39. The summed E-state index contributed by atoms with van der Waals surface area (Å²) in [7, 11) is 0. The van der Waals surface area contributed by atoms with E-state index in [1.54, 1.807) is 0 Å². The van der Waals surface area contributed by atoms with Crippen LogP contribution in [0, 0.1) is 0 Å². The van der Waals surface area contributed by atoms with Crippen molar-refractivity contribution in [1.29, 1.82) is 0 Å². The number of carbonyl (C=O) groups excluding carboxylic acids is 2. The molecule has 1 fully saturated rings. The van der Waals surface area contributed by atoms with Crippen LogP contribution in [0.25, 0.3) is 0 Å². The summed E-state index contributed by atoms with van der Waals surface area (Å²) in [4.78, 5) is 24.1. The van der Waals surface area contributed by atoms with E-state index in [0.29, 0.717) is 25.4 Å². The predicted octanol–water partition coefficient (Wildman–Crippen LogP) is 1.30. The summed E-state index contributed by atoms with van der Waals surface area (Å²) >= 11 is 0. The Morgan fingerprint density at radius 2 is 1.88 bits per heavy atom. The average molecular weight is 226 g/mol. The van der Waals surface area contributed by atoms with Gasteiger partial charge in [-0.3, -0.25) is 14.5 Å². The molecular formula is C12H22N2O2. The van der Waals surface area contributed by atoms with Gasteiger partial charge in [0.25, 0.3) is 0 Å². The minimum absolute atomic E-state index is 0.00139. The standard InChI is InChI=1S/C12H22N2O2/c1-3-10(13-4-2)6-5-9-14-11(15)7-8-12(14)16/h10,13H,3-9H2,1-2H3. The molecule has 92 valence electrons. The first-order valence-electron chi connectivity index (χ1n) is 6.25. The molecule has 0 aromatic carbocycles. The first-order valence-corrected chi connectivity index (χ1v) is 6.25. The first kappa shape index (κ1) is 13.2. The molecule has 1 unspecified atom stereocenters. The Hall–Kier alpha value is -0.900. The summed E-state index contributed by atoms with van der Waals surface area (Å²) in [6.45, 7) is 5.81. The van der Waals surface area contributed by atoms with Crippen molar-refractivity contribution in [2.24, 2.45) is 0 Å². The zero-order valence-electron chi connectivity index (χ0n) is 10.3. The van der Waals surface area contributed by atoms with Crippen LogP contribution in [0.2, 0.25) is 0 Å². The van der Waals surface area contributed by atoms with Crippen LogP contribution in [0.5, 0.6) is 0 Å². The van der Waals surface area contributed by atoms with Gasteiger partial charge in [0.2, 0.25) is 11.8 Å². The maximum absolute atomic E-state index is 11.3. The highest BCUT2D eigenvalue weighted by Crippen LogP contribution is 2.13. The Kier molecular flexibility index (Phi) is 5.46. The lowest BCUT2D eigenvalue weighted by Gasteiger charge is -2.18. The molecule has 0 aromatic heterocycles. The molecule has 1 saturated heterocycles. The van der Waals surface area contributed by atoms with E-state index in [4.69, 9.17) is 0 Å². The molecule has 0 saturated carbocycles. The van der Waals surface area contributed by atoms with Gasteiger partial charge in [0.1, 0.15) is 0 Å². The van der Waals surface area contributed by atoms with Gasteiger partial charge in [-0.15, -0.1) is 0 Å². The van der Waals surface area contributed by atoms with Crippen molar-refractivity contribution in [3.05, 3.63) is 0 Å². The van der Waals surface area contributed by atoms with Crippen LogP contribution in [0.4, 0.5) is 0 Å². The molecule has 0 radical (unpaired) electrons. The smallest absolute Gasteiger partial charge is 0.229 e. The van der Waals surface area contributed by atoms with Crippen molar-refractivity contribution in [1.82, 2.24) is 10.2 Å². The third kappa shape index (κ3) is 3.59. The lowest BCUT2D eigenvalue weighted by Crippen LogP contribution is -2.32. The van der Waals surface area contributed by atoms with E-state index in [0.717, 1.165) is 25.8 Å². The van der Waals surface area contributed by atoms with Gasteiger partial charge in [-0.25, -0.2) is 0 Å². The van der Waals surface area contributed by atoms with Gasteiger partial charge < -0.3 is 5.32 Å². The van der Waals surface area contributed by atoms with Crippen LogP contribution in [0.3, 0.4) is 0 Å². The number of carbonyl (C=O) groups is 2. The Bertz CT molecular complexity index is 237. The van der Waals surface area contributed by atoms with Gasteiger partial charge in [0.15, 0.2) is 0 Å². The molecule has 0 bridgehead atoms. The molecule has 2 amide bonds. The highest BCUT2D eigenvalue weighted by Gasteiger charge is 2.28. The first-order chi connectivity index (χ1) is 7.69. The molecule has 1 atom stereocenters. The van der Waals surface area contributed by atoms with Gasteiger partial charge in [-0.1, -0.05) is 13.8 Å². The molecule has 0 aromatic rings. The van der Waals surface area contributed by atoms with Gasteiger partial charge >= 0.3 is 0 Å². The number of hydrogen-bond donors (Lipinski definition) is 1. The molecule has 0 spiro atoms. The summed E-state index contributed by atoms with van der Waals surface area (Å²) in [6.07, 6.45) is 3.84. The normalized spacial score (nSPS) is 18.2. The molecular weight excluding hydrogens is 204 g/mol. The third-order valence-electron chi connectivity index (χ3n) is 3.07. The minimum Gasteiger partial charge on any atom is -0.314 e. The molecule has 4 heteroatoms. The van der Waals surface area contributed by atoms with Crippen molar-refractivity contribution in [3.63, 3.8) is 0 Å². The fourth-order valence-corrected chi connectivity index (χ4v) is 2.11. The number of nitrogens with zero attached hydrogens (tertiary/aromatic N) is 1. The number of imide groups is 1. The topological polar surface area (TPSA) is 49.4 Å². The monoisotopic (exact) mass is 226 g/mol. The zero-order chi connectivity index (χ0) is 12.0. The second-order valence-electron chi connectivity index (χ2n) is 4.24. The van der Waals surface area contributed by atoms with Crippen LogP contribution >= 0.6 is 0 Å². The fourth-order valence-electron chi connectivity index (χ4n) is 2.11. The van der Waals surface area contributed by atoms with Crippen molar-refractivity contribution in [3.8, 4) is 0 Å². The number of nitrogens with one attached hydrogen (secondary N) is 1. The quantitative estimate of drug-likeness (QED) is 0.666. The number of rotatable bonds is 7. The molecule has 0 aliphatic carbocycles. The Morgan fingerprint density at radius 3 is 2.38 bits per heavy atom. The molecule has 1 heterocycles. The van der Waals surface area contributed by atoms with Gasteiger partial charge in [-0.05, 0) is 25.8 Å². The van der Waals surface area contributed by atoms with Crippen molar-refractivity contribution < 1.29 is 9.59 Å². The van der Waals surface area contributed by atoms with Gasteiger partial charge in [0, 0.05) is 25.4 Å². The van der Waals surface area contributed by atoms with Gasteiger partial charge in [0.05, 0.1) is 0 Å². The minimum atomic E-state index is 0.00139. The summed E-state index contributed by atoms with van der Waals surface area (Å²) in [5.74, 6) is 0.00278. The van der Waals surface area contributed by atoms with E-state index in [2.05, 4.69) is 19.2 Å². The molecule has 1 aliphatic rings. The van der Waals surface area contributed by atoms with Crippen molar-refractivity contribution in [2.45, 2.75) is 52.0 Å². The Labute approximate surface area is 97.4 Å². The third-order valence-corrected chi connectivity index (χ3v) is 3.07. The maximum Gasteiger partial charge on any atom is 0.229 e. The van der Waals surface area contributed by atoms with E-state index in [1.165, 1.54) is 4.90 Å². The second kappa shape index (κ2) is 6.63. The highest BCUT2D eigenvalue weighted by atomic mass is 16.2. The summed E-state index contributed by atoms with van der Waals surface area (Å²) < 4.78 is 0. The maximum atomic E-state index is 11.3. The lowest BCUT2D eigenvalue weighted by atomic mass is 10.1. The fraction of sp³-hybridized carbons (Fsp3) is 0.833. The van der Waals surface area contributed by atoms with Crippen LogP contribution in [-0.4, -0.2) is 35.8 Å². The second-order valence-corrected chi connectivity index (χ2v) is 4.24. The predicted molar refractivity (Wildman–Crippen MR) is 62.9 cm³/mol. The van der Waals surface area contributed by atoms with E-state index >= 15 is 0 Å². The molecule has 4 nitrogen and oxygen atoms in total. The summed E-state index contributed by atoms with van der Waals surface area (Å²) in [6, 6.07) is 0.512. The van der Waals surface area contributed by atoms with Crippen molar-refractivity contribution >= 4 is 11.8 Å². The van der Waals surface area contributed by atoms with Crippen LogP contribution in [-0.2, 0) is 9.59 Å². The number of hydrogen-bond acceptors (Lipinski definition) is 3. The van der Waals surface area contributed by atoms with Crippen LogP contribution < -0.4 is 5.32 Å². The van der Waals surface area contributed by atoms with E-state index in [9.17, 15) is 9.59 Å². The largest absolute Gasteiger partial charge is 0.314 e. The number of amides is 2. The summed E-state index contributed by atoms with van der Waals surface area (Å²) in [5.41, 5.74) is 0. The molecule has 1 rings (SSSR count). The van der Waals surface area contributed by atoms with E-state index in [1.807, 2.05) is 0 Å². The number of likely N-dealkylation sites (tertiary alicyclic amines) is 1. The Morgan fingerprint density at radius 1 is 1.25 bits per heavy atom. The zero-order valence-corrected chi connectivity index (χ0v) is 10.3. The van der Waals surface area contributed by atoms with Crippen molar-refractivity contribution in [2.75, 3.05) is 13.1 Å². The SMILES string of the molecule is CCNC(CC)CCCN1C(=O)CCC1=O. The molecule has 1 N–H and O–H groups in total. The van der Waals surface area contributed by atoms with E-state index < -0.39 is 0 Å². The highest BCUT2D eigenvalue weighted by molar-refractivity contribution is 6.01. The lowest BCUT2D eigenvalue weighted by molar-refractivity contribution is -0.138. The van der Waals surface area contributed by atoms with Crippen LogP contribution in [0.15, 0.2) is 0 Å². The molecule has 1 aliphatic heterocycles. The van der Waals surface area contributed by atoms with E-state index in [-0.39, 0.29) is 11.8 Å². The average Bonchev–Trinajstić information content (AvgIpc) is 2.59. The van der Waals surface area contributed by atoms with Crippen LogP contribution in [0.1, 0.15) is 46.0 Å².